The van der Waals surface area contributed by atoms with E-state index in [1.165, 1.54) is 12.8 Å². The molecule has 5 heteroatoms. The molecule has 0 bridgehead atoms. The zero-order chi connectivity index (χ0) is 9.42. The molecule has 72 valence electrons. The van der Waals surface area contributed by atoms with Crippen molar-refractivity contribution in [2.24, 2.45) is 7.05 Å². The highest BCUT2D eigenvalue weighted by molar-refractivity contribution is 9.13. The molecule has 1 aliphatic carbocycles. The van der Waals surface area contributed by atoms with Crippen LogP contribution in [0.4, 0.5) is 0 Å². The van der Waals surface area contributed by atoms with E-state index in [2.05, 4.69) is 42.2 Å². The molecule has 0 unspecified atom stereocenters. The second-order valence-electron chi connectivity index (χ2n) is 3.32. The summed E-state index contributed by atoms with van der Waals surface area (Å²) in [5, 5.41) is 3.43. The Morgan fingerprint density at radius 1 is 1.54 bits per heavy atom. The van der Waals surface area contributed by atoms with Crippen LogP contribution in [0.25, 0.3) is 0 Å². The first-order valence-corrected chi connectivity index (χ1v) is 5.87. The number of rotatable bonds is 3. The summed E-state index contributed by atoms with van der Waals surface area (Å²) >= 11 is 6.83. The first-order chi connectivity index (χ1) is 6.18. The van der Waals surface area contributed by atoms with Gasteiger partial charge in [0.05, 0.1) is 6.54 Å². The molecule has 0 spiro atoms. The molecule has 1 N–H and O–H groups in total. The number of hydrogen-bond acceptors (Lipinski definition) is 2. The van der Waals surface area contributed by atoms with Gasteiger partial charge in [0.2, 0.25) is 0 Å². The smallest absolute Gasteiger partial charge is 0.139 e. The van der Waals surface area contributed by atoms with E-state index in [4.69, 9.17) is 0 Å². The van der Waals surface area contributed by atoms with Crippen molar-refractivity contribution in [2.75, 3.05) is 0 Å². The number of nitrogens with one attached hydrogen (secondary N) is 1. The van der Waals surface area contributed by atoms with Gasteiger partial charge < -0.3 is 9.88 Å². The quantitative estimate of drug-likeness (QED) is 0.928. The third-order valence-corrected chi connectivity index (χ3v) is 4.20. The summed E-state index contributed by atoms with van der Waals surface area (Å²) in [6, 6.07) is 0.731. The lowest BCUT2D eigenvalue weighted by molar-refractivity contribution is 0.632. The number of halogens is 2. The monoisotopic (exact) mass is 307 g/mol. The molecule has 1 saturated carbocycles. The molecule has 0 saturated heterocycles. The van der Waals surface area contributed by atoms with Gasteiger partial charge in [0.1, 0.15) is 15.0 Å². The highest BCUT2D eigenvalue weighted by Crippen LogP contribution is 2.23. The summed E-state index contributed by atoms with van der Waals surface area (Å²) in [6.07, 6.45) is 2.62. The summed E-state index contributed by atoms with van der Waals surface area (Å²) < 4.78 is 3.92. The van der Waals surface area contributed by atoms with Crippen LogP contribution in [0.5, 0.6) is 0 Å². The van der Waals surface area contributed by atoms with Crippen molar-refractivity contribution in [3.05, 3.63) is 15.0 Å². The van der Waals surface area contributed by atoms with Gasteiger partial charge in [-0.2, -0.15) is 0 Å². The second kappa shape index (κ2) is 3.71. The van der Waals surface area contributed by atoms with Gasteiger partial charge in [0.25, 0.3) is 0 Å². The minimum atomic E-state index is 0.731. The zero-order valence-corrected chi connectivity index (χ0v) is 10.5. The summed E-state index contributed by atoms with van der Waals surface area (Å²) in [5.74, 6) is 1.06. The van der Waals surface area contributed by atoms with Crippen LogP contribution >= 0.6 is 31.9 Å². The summed E-state index contributed by atoms with van der Waals surface area (Å²) in [4.78, 5) is 4.38. The van der Waals surface area contributed by atoms with Gasteiger partial charge in [-0.05, 0) is 44.7 Å². The number of hydrogen-bond donors (Lipinski definition) is 1. The van der Waals surface area contributed by atoms with Crippen molar-refractivity contribution in [2.45, 2.75) is 25.4 Å². The van der Waals surface area contributed by atoms with Crippen LogP contribution in [0.2, 0.25) is 0 Å². The number of aromatic nitrogens is 2. The topological polar surface area (TPSA) is 29.9 Å². The molecule has 13 heavy (non-hydrogen) atoms. The average molecular weight is 309 g/mol. The normalized spacial score (nSPS) is 16.5. The zero-order valence-electron chi connectivity index (χ0n) is 7.35. The molecule has 3 nitrogen and oxygen atoms in total. The Bertz CT molecular complexity index is 317. The average Bonchev–Trinajstić information content (AvgIpc) is 2.89. The highest BCUT2D eigenvalue weighted by Gasteiger charge is 2.21. The predicted octanol–water partition coefficient (Wildman–Crippen LogP) is 2.20. The molecule has 0 amide bonds. The van der Waals surface area contributed by atoms with Crippen LogP contribution in [0, 0.1) is 0 Å². The van der Waals surface area contributed by atoms with Crippen molar-refractivity contribution in [3.63, 3.8) is 0 Å². The largest absolute Gasteiger partial charge is 0.324 e. The molecule has 0 radical (unpaired) electrons. The van der Waals surface area contributed by atoms with Gasteiger partial charge in [0, 0.05) is 13.1 Å². The summed E-state index contributed by atoms with van der Waals surface area (Å²) in [5.41, 5.74) is 0. The van der Waals surface area contributed by atoms with E-state index in [0.717, 1.165) is 27.6 Å². The SMILES string of the molecule is Cn1c(CNC2CC2)nc(Br)c1Br. The maximum absolute atomic E-state index is 4.38. The van der Waals surface area contributed by atoms with Crippen molar-refractivity contribution in [1.82, 2.24) is 14.9 Å². The van der Waals surface area contributed by atoms with E-state index in [0.29, 0.717) is 0 Å². The van der Waals surface area contributed by atoms with E-state index in [9.17, 15) is 0 Å². The van der Waals surface area contributed by atoms with Crippen LogP contribution in [0.1, 0.15) is 18.7 Å². The standard InChI is InChI=1S/C8H11Br2N3/c1-13-6(4-11-5-2-3-5)12-7(9)8(13)10/h5,11H,2-4H2,1H3. The fourth-order valence-corrected chi connectivity index (χ4v) is 1.93. The molecule has 2 rings (SSSR count). The van der Waals surface area contributed by atoms with E-state index in [-0.39, 0.29) is 0 Å². The molecule has 0 aromatic carbocycles. The molecule has 1 fully saturated rings. The molecular weight excluding hydrogens is 298 g/mol. The number of nitrogens with zero attached hydrogens (tertiary/aromatic N) is 2. The van der Waals surface area contributed by atoms with Gasteiger partial charge in [-0.25, -0.2) is 4.98 Å². The Morgan fingerprint density at radius 2 is 2.23 bits per heavy atom. The summed E-state index contributed by atoms with van der Waals surface area (Å²) in [7, 11) is 2.01. The fraction of sp³-hybridized carbons (Fsp3) is 0.625. The number of imidazole rings is 1. The van der Waals surface area contributed by atoms with E-state index in [1.807, 2.05) is 11.6 Å². The van der Waals surface area contributed by atoms with Gasteiger partial charge in [0.15, 0.2) is 0 Å². The van der Waals surface area contributed by atoms with Crippen LogP contribution < -0.4 is 5.32 Å². The first-order valence-electron chi connectivity index (χ1n) is 4.28. The Morgan fingerprint density at radius 3 is 2.69 bits per heavy atom. The van der Waals surface area contributed by atoms with Gasteiger partial charge in [-0.3, -0.25) is 0 Å². The molecule has 1 aliphatic rings. The lowest BCUT2D eigenvalue weighted by Crippen LogP contribution is -2.18. The van der Waals surface area contributed by atoms with Crippen LogP contribution in [-0.4, -0.2) is 15.6 Å². The Kier molecular flexibility index (Phi) is 2.76. The fourth-order valence-electron chi connectivity index (χ4n) is 1.17. The third kappa shape index (κ3) is 2.14. The Hall–Kier alpha value is 0.130. The summed E-state index contributed by atoms with van der Waals surface area (Å²) in [6.45, 7) is 0.853. The van der Waals surface area contributed by atoms with Gasteiger partial charge >= 0.3 is 0 Å². The van der Waals surface area contributed by atoms with E-state index in [1.54, 1.807) is 0 Å². The highest BCUT2D eigenvalue weighted by atomic mass is 79.9. The van der Waals surface area contributed by atoms with Crippen LogP contribution in [0.3, 0.4) is 0 Å². The van der Waals surface area contributed by atoms with Crippen molar-refractivity contribution in [3.8, 4) is 0 Å². The van der Waals surface area contributed by atoms with Crippen LogP contribution in [0.15, 0.2) is 9.21 Å². The lowest BCUT2D eigenvalue weighted by Gasteiger charge is -2.02. The van der Waals surface area contributed by atoms with Gasteiger partial charge in [-0.1, -0.05) is 0 Å². The second-order valence-corrected chi connectivity index (χ2v) is 4.83. The van der Waals surface area contributed by atoms with Crippen molar-refractivity contribution >= 4 is 31.9 Å². The van der Waals surface area contributed by atoms with E-state index < -0.39 is 0 Å². The maximum Gasteiger partial charge on any atom is 0.139 e. The molecular formula is C8H11Br2N3. The molecule has 1 aromatic rings. The molecule has 0 aliphatic heterocycles. The third-order valence-electron chi connectivity index (χ3n) is 2.21. The van der Waals surface area contributed by atoms with Crippen molar-refractivity contribution < 1.29 is 0 Å². The van der Waals surface area contributed by atoms with Crippen LogP contribution in [-0.2, 0) is 13.6 Å². The lowest BCUT2D eigenvalue weighted by atomic mass is 10.5. The van der Waals surface area contributed by atoms with Crippen molar-refractivity contribution in [1.29, 1.82) is 0 Å². The maximum atomic E-state index is 4.38. The first kappa shape index (κ1) is 9.68. The molecule has 1 aromatic heterocycles. The minimum Gasteiger partial charge on any atom is -0.324 e. The minimum absolute atomic E-state index is 0.731. The van der Waals surface area contributed by atoms with E-state index >= 15 is 0 Å². The Labute approximate surface area is 94.2 Å². The molecule has 1 heterocycles. The Balaban J connectivity index is 2.05. The van der Waals surface area contributed by atoms with Gasteiger partial charge in [-0.15, -0.1) is 0 Å². The molecule has 0 atom stereocenters. The predicted molar refractivity (Wildman–Crippen MR) is 58.5 cm³/mol.